The number of ether oxygens (including phenoxy) is 1. The number of ketones is 1. The molecule has 0 atom stereocenters. The summed E-state index contributed by atoms with van der Waals surface area (Å²) in [6, 6.07) is 11.6. The van der Waals surface area contributed by atoms with Crippen LogP contribution in [-0.4, -0.2) is 44.4 Å². The largest absolute Gasteiger partial charge is 0.469 e. The van der Waals surface area contributed by atoms with Gasteiger partial charge >= 0.3 is 5.97 Å². The Morgan fingerprint density at radius 1 is 1.21 bits per heavy atom. The van der Waals surface area contributed by atoms with E-state index in [1.807, 2.05) is 50.2 Å². The van der Waals surface area contributed by atoms with Gasteiger partial charge in [-0.05, 0) is 26.3 Å². The number of Topliss-reactive ketones (excluding diaryl/α,β-unsaturated/α-hetero) is 1. The molecule has 7 nitrogen and oxygen atoms in total. The number of aromatic nitrogens is 4. The molecule has 152 valence electrons. The second-order valence-corrected chi connectivity index (χ2v) is 7.60. The van der Waals surface area contributed by atoms with Crippen LogP contribution in [0.3, 0.4) is 0 Å². The third-order valence-corrected chi connectivity index (χ3v) is 5.56. The van der Waals surface area contributed by atoms with Crippen molar-refractivity contribution in [1.29, 1.82) is 0 Å². The molecule has 2 heterocycles. The van der Waals surface area contributed by atoms with Crippen molar-refractivity contribution in [2.75, 3.05) is 12.9 Å². The zero-order chi connectivity index (χ0) is 20.8. The zero-order valence-corrected chi connectivity index (χ0v) is 17.6. The summed E-state index contributed by atoms with van der Waals surface area (Å²) in [5, 5.41) is 7.65. The normalized spacial score (nSPS) is 10.9. The number of carbonyl (C=O) groups is 2. The van der Waals surface area contributed by atoms with Crippen LogP contribution in [0.5, 0.6) is 0 Å². The van der Waals surface area contributed by atoms with E-state index in [0.717, 1.165) is 17.0 Å². The summed E-state index contributed by atoms with van der Waals surface area (Å²) in [4.78, 5) is 28.5. The van der Waals surface area contributed by atoms with Crippen LogP contribution in [-0.2, 0) is 16.1 Å². The van der Waals surface area contributed by atoms with Crippen LogP contribution < -0.4 is 0 Å². The van der Waals surface area contributed by atoms with Crippen molar-refractivity contribution in [2.24, 2.45) is 0 Å². The first kappa shape index (κ1) is 20.9. The Bertz CT molecular complexity index is 995. The Morgan fingerprint density at radius 3 is 2.69 bits per heavy atom. The smallest absolute Gasteiger partial charge is 0.305 e. The predicted octanol–water partition coefficient (Wildman–Crippen LogP) is 3.82. The standard InChI is InChI=1S/C21H24N4O3S/c1-14-12-17(15(2)25(14)11-7-10-19(27)28-3)18(26)13-29-21-22-20(23-24-21)16-8-5-4-6-9-16/h4-6,8-9,12H,7,10-11,13H2,1-3H3,(H,22,23,24). The van der Waals surface area contributed by atoms with Crippen molar-refractivity contribution in [1.82, 2.24) is 19.7 Å². The van der Waals surface area contributed by atoms with Gasteiger partial charge in [-0.2, -0.15) is 0 Å². The Balaban J connectivity index is 1.60. The first-order valence-electron chi connectivity index (χ1n) is 9.37. The van der Waals surface area contributed by atoms with Crippen molar-refractivity contribution in [3.63, 3.8) is 0 Å². The highest BCUT2D eigenvalue weighted by Crippen LogP contribution is 2.22. The summed E-state index contributed by atoms with van der Waals surface area (Å²) in [5.74, 6) is 0.762. The van der Waals surface area contributed by atoms with Gasteiger partial charge in [0, 0.05) is 35.5 Å². The van der Waals surface area contributed by atoms with Crippen LogP contribution in [0.4, 0.5) is 0 Å². The highest BCUT2D eigenvalue weighted by atomic mass is 32.2. The molecule has 0 radical (unpaired) electrons. The zero-order valence-electron chi connectivity index (χ0n) is 16.8. The molecule has 29 heavy (non-hydrogen) atoms. The molecule has 0 saturated heterocycles. The van der Waals surface area contributed by atoms with E-state index in [2.05, 4.69) is 24.5 Å². The summed E-state index contributed by atoms with van der Waals surface area (Å²) in [5.41, 5.74) is 3.57. The minimum absolute atomic E-state index is 0.0355. The number of H-pyrrole nitrogens is 1. The van der Waals surface area contributed by atoms with E-state index in [1.54, 1.807) is 0 Å². The number of hydrogen-bond donors (Lipinski definition) is 1. The van der Waals surface area contributed by atoms with E-state index >= 15 is 0 Å². The van der Waals surface area contributed by atoms with Gasteiger partial charge in [0.25, 0.3) is 0 Å². The maximum Gasteiger partial charge on any atom is 0.305 e. The monoisotopic (exact) mass is 412 g/mol. The van der Waals surface area contributed by atoms with Gasteiger partial charge in [-0.3, -0.25) is 14.7 Å². The molecule has 0 aliphatic heterocycles. The maximum atomic E-state index is 12.7. The summed E-state index contributed by atoms with van der Waals surface area (Å²) in [7, 11) is 1.39. The highest BCUT2D eigenvalue weighted by molar-refractivity contribution is 7.99. The van der Waals surface area contributed by atoms with Crippen LogP contribution in [0.25, 0.3) is 11.4 Å². The number of hydrogen-bond acceptors (Lipinski definition) is 6. The maximum absolute atomic E-state index is 12.7. The van der Waals surface area contributed by atoms with Crippen LogP contribution in [0.15, 0.2) is 41.6 Å². The first-order chi connectivity index (χ1) is 14.0. The number of aryl methyl sites for hydroxylation is 1. The minimum Gasteiger partial charge on any atom is -0.469 e. The number of methoxy groups -OCH3 is 1. The quantitative estimate of drug-likeness (QED) is 0.326. The molecular formula is C21H24N4O3S. The first-order valence-corrected chi connectivity index (χ1v) is 10.4. The number of benzene rings is 1. The number of carbonyl (C=O) groups excluding carboxylic acids is 2. The van der Waals surface area contributed by atoms with Crippen LogP contribution >= 0.6 is 11.8 Å². The number of nitrogens with one attached hydrogen (secondary N) is 1. The summed E-state index contributed by atoms with van der Waals surface area (Å²) < 4.78 is 6.75. The highest BCUT2D eigenvalue weighted by Gasteiger charge is 2.17. The van der Waals surface area contributed by atoms with E-state index in [1.165, 1.54) is 18.9 Å². The second-order valence-electron chi connectivity index (χ2n) is 6.66. The molecule has 0 aliphatic rings. The van der Waals surface area contributed by atoms with Crippen LogP contribution in [0.1, 0.15) is 34.6 Å². The third kappa shape index (κ3) is 5.14. The van der Waals surface area contributed by atoms with E-state index in [9.17, 15) is 9.59 Å². The molecule has 0 bridgehead atoms. The molecular weight excluding hydrogens is 388 g/mol. The molecule has 0 amide bonds. The predicted molar refractivity (Wildman–Crippen MR) is 112 cm³/mol. The van der Waals surface area contributed by atoms with Gasteiger partial charge in [0.1, 0.15) is 0 Å². The van der Waals surface area contributed by atoms with E-state index in [4.69, 9.17) is 0 Å². The van der Waals surface area contributed by atoms with Crippen molar-refractivity contribution in [3.05, 3.63) is 53.3 Å². The van der Waals surface area contributed by atoms with E-state index in [-0.39, 0.29) is 17.5 Å². The lowest BCUT2D eigenvalue weighted by Crippen LogP contribution is -2.08. The average Bonchev–Trinajstić information content (AvgIpc) is 3.32. The molecule has 0 fully saturated rings. The molecule has 1 aromatic carbocycles. The molecule has 1 N–H and O–H groups in total. The molecule has 0 aliphatic carbocycles. The summed E-state index contributed by atoms with van der Waals surface area (Å²) >= 11 is 1.31. The lowest BCUT2D eigenvalue weighted by atomic mass is 10.2. The Morgan fingerprint density at radius 2 is 1.97 bits per heavy atom. The average molecular weight is 413 g/mol. The van der Waals surface area contributed by atoms with Crippen molar-refractivity contribution in [3.8, 4) is 11.4 Å². The van der Waals surface area contributed by atoms with Crippen molar-refractivity contribution < 1.29 is 14.3 Å². The Hall–Kier alpha value is -2.87. The second kappa shape index (κ2) is 9.56. The van der Waals surface area contributed by atoms with Gasteiger partial charge in [0.2, 0.25) is 5.16 Å². The Labute approximate surface area is 173 Å². The van der Waals surface area contributed by atoms with Crippen molar-refractivity contribution in [2.45, 2.75) is 38.4 Å². The lowest BCUT2D eigenvalue weighted by Gasteiger charge is -2.09. The SMILES string of the molecule is COC(=O)CCCn1c(C)cc(C(=O)CSc2n[nH]c(-c3ccccc3)n2)c1C. The molecule has 0 spiro atoms. The fourth-order valence-corrected chi connectivity index (χ4v) is 3.84. The molecule has 3 rings (SSSR count). The fourth-order valence-electron chi connectivity index (χ4n) is 3.16. The molecule has 3 aromatic rings. The molecule has 0 saturated carbocycles. The van der Waals surface area contributed by atoms with Gasteiger partial charge in [0.05, 0.1) is 12.9 Å². The Kier molecular flexibility index (Phi) is 6.87. The third-order valence-electron chi connectivity index (χ3n) is 4.71. The number of rotatable bonds is 9. The van der Waals surface area contributed by atoms with Crippen molar-refractivity contribution >= 4 is 23.5 Å². The minimum atomic E-state index is -0.221. The van der Waals surface area contributed by atoms with Gasteiger partial charge in [-0.15, -0.1) is 5.10 Å². The van der Waals surface area contributed by atoms with E-state index in [0.29, 0.717) is 35.9 Å². The number of esters is 1. The van der Waals surface area contributed by atoms with Crippen LogP contribution in [0, 0.1) is 13.8 Å². The number of nitrogens with zero attached hydrogens (tertiary/aromatic N) is 3. The van der Waals surface area contributed by atoms with Gasteiger partial charge in [-0.25, -0.2) is 4.98 Å². The fraction of sp³-hybridized carbons (Fsp3) is 0.333. The molecule has 2 aromatic heterocycles. The lowest BCUT2D eigenvalue weighted by molar-refractivity contribution is -0.140. The van der Waals surface area contributed by atoms with Gasteiger partial charge < -0.3 is 9.30 Å². The molecule has 8 heteroatoms. The molecule has 0 unspecified atom stereocenters. The van der Waals surface area contributed by atoms with E-state index < -0.39 is 0 Å². The summed E-state index contributed by atoms with van der Waals surface area (Å²) in [6.45, 7) is 4.58. The summed E-state index contributed by atoms with van der Waals surface area (Å²) in [6.07, 6.45) is 1.03. The van der Waals surface area contributed by atoms with Crippen LogP contribution in [0.2, 0.25) is 0 Å². The number of thioether (sulfide) groups is 1. The topological polar surface area (TPSA) is 89.9 Å². The van der Waals surface area contributed by atoms with Gasteiger partial charge in [-0.1, -0.05) is 42.1 Å². The van der Waals surface area contributed by atoms with Gasteiger partial charge in [0.15, 0.2) is 11.6 Å². The number of aromatic amines is 1.